The van der Waals surface area contributed by atoms with E-state index in [4.69, 9.17) is 10.5 Å². The Kier molecular flexibility index (Phi) is 7.14. The number of aromatic nitrogens is 5. The van der Waals surface area contributed by atoms with Crippen LogP contribution < -0.4 is 16.0 Å². The fraction of sp³-hybridized carbons (Fsp3) is 0.200. The molecule has 1 amide bonds. The van der Waals surface area contributed by atoms with Crippen molar-refractivity contribution in [3.8, 4) is 11.3 Å². The molecular formula is C30H26F2N8O3. The van der Waals surface area contributed by atoms with Gasteiger partial charge in [-0.05, 0) is 49.2 Å². The van der Waals surface area contributed by atoms with E-state index in [0.717, 1.165) is 12.1 Å². The second-order valence-corrected chi connectivity index (χ2v) is 10.1. The summed E-state index contributed by atoms with van der Waals surface area (Å²) < 4.78 is 34.3. The van der Waals surface area contributed by atoms with Gasteiger partial charge in [-0.2, -0.15) is 0 Å². The summed E-state index contributed by atoms with van der Waals surface area (Å²) in [5, 5.41) is 2.97. The van der Waals surface area contributed by atoms with Crippen LogP contribution in [0.15, 0.2) is 73.4 Å². The van der Waals surface area contributed by atoms with Crippen molar-refractivity contribution in [1.29, 1.82) is 0 Å². The second-order valence-electron chi connectivity index (χ2n) is 10.1. The number of anilines is 2. The Balaban J connectivity index is 1.48. The Bertz CT molecular complexity index is 1850. The summed E-state index contributed by atoms with van der Waals surface area (Å²) in [4.78, 5) is 46.1. The average molecular weight is 585 g/mol. The number of alkyl carbamates (subject to hydrolysis) is 1. The van der Waals surface area contributed by atoms with Crippen molar-refractivity contribution in [3.05, 3.63) is 102 Å². The molecule has 0 aliphatic carbocycles. The van der Waals surface area contributed by atoms with Crippen LogP contribution in [0.3, 0.4) is 0 Å². The van der Waals surface area contributed by atoms with Crippen molar-refractivity contribution < 1.29 is 23.1 Å². The van der Waals surface area contributed by atoms with E-state index in [1.165, 1.54) is 31.8 Å². The molecule has 0 spiro atoms. The highest BCUT2D eigenvalue weighted by atomic mass is 19.2. The van der Waals surface area contributed by atoms with Gasteiger partial charge in [0.25, 0.3) is 0 Å². The minimum atomic E-state index is -1.04. The number of rotatable bonds is 6. The fourth-order valence-corrected chi connectivity index (χ4v) is 5.47. The molecule has 1 aliphatic heterocycles. The topological polar surface area (TPSA) is 141 Å². The molecule has 0 saturated carbocycles. The molecule has 43 heavy (non-hydrogen) atoms. The molecule has 1 saturated heterocycles. The normalized spacial score (nSPS) is 16.7. The van der Waals surface area contributed by atoms with Crippen LogP contribution in [-0.4, -0.2) is 56.4 Å². The molecule has 3 N–H and O–H groups in total. The number of fused-ring (bicyclic) bond motifs is 1. The first-order chi connectivity index (χ1) is 20.8. The Morgan fingerprint density at radius 2 is 1.88 bits per heavy atom. The van der Waals surface area contributed by atoms with Gasteiger partial charge >= 0.3 is 6.09 Å². The minimum Gasteiger partial charge on any atom is -0.453 e. The summed E-state index contributed by atoms with van der Waals surface area (Å²) in [6.07, 6.45) is 8.21. The van der Waals surface area contributed by atoms with Gasteiger partial charge in [0, 0.05) is 37.2 Å². The third-order valence-corrected chi connectivity index (χ3v) is 7.55. The predicted molar refractivity (Wildman–Crippen MR) is 153 cm³/mol. The van der Waals surface area contributed by atoms with Gasteiger partial charge in [-0.1, -0.05) is 6.07 Å². The molecule has 5 heterocycles. The van der Waals surface area contributed by atoms with Crippen molar-refractivity contribution in [3.63, 3.8) is 0 Å². The number of carbonyl (C=O) groups excluding carboxylic acids is 2. The molecule has 0 radical (unpaired) electrons. The quantitative estimate of drug-likeness (QED) is 0.282. The van der Waals surface area contributed by atoms with E-state index in [1.54, 1.807) is 28.9 Å². The van der Waals surface area contributed by atoms with Crippen LogP contribution in [0, 0.1) is 11.6 Å². The van der Waals surface area contributed by atoms with Crippen molar-refractivity contribution in [2.24, 2.45) is 0 Å². The first kappa shape index (κ1) is 27.7. The van der Waals surface area contributed by atoms with Gasteiger partial charge in [-0.15, -0.1) is 0 Å². The number of nitrogens with two attached hydrogens (primary N) is 1. The zero-order chi connectivity index (χ0) is 30.1. The Labute approximate surface area is 244 Å². The lowest BCUT2D eigenvalue weighted by Gasteiger charge is -2.43. The summed E-state index contributed by atoms with van der Waals surface area (Å²) in [5.74, 6) is -2.28. The Hall–Kier alpha value is -5.46. The number of nitrogen functional groups attached to an aromatic ring is 1. The van der Waals surface area contributed by atoms with E-state index >= 15 is 0 Å². The molecule has 1 fully saturated rings. The molecule has 0 bridgehead atoms. The lowest BCUT2D eigenvalue weighted by atomic mass is 9.84. The number of carbonyl (C=O) groups is 2. The van der Waals surface area contributed by atoms with Gasteiger partial charge in [0.05, 0.1) is 42.1 Å². The number of methoxy groups -OCH3 is 1. The highest BCUT2D eigenvalue weighted by molar-refractivity contribution is 6.12. The molecule has 6 rings (SSSR count). The van der Waals surface area contributed by atoms with Crippen molar-refractivity contribution in [1.82, 2.24) is 29.7 Å². The zero-order valence-electron chi connectivity index (χ0n) is 23.0. The number of nitrogens with zero attached hydrogens (tertiary/aromatic N) is 6. The number of hydrogen-bond acceptors (Lipinski definition) is 9. The first-order valence-corrected chi connectivity index (χ1v) is 13.4. The number of ketones is 1. The smallest absolute Gasteiger partial charge is 0.407 e. The monoisotopic (exact) mass is 584 g/mol. The molecule has 11 nitrogen and oxygen atoms in total. The molecule has 4 aromatic heterocycles. The minimum absolute atomic E-state index is 0.157. The second kappa shape index (κ2) is 11.1. The van der Waals surface area contributed by atoms with E-state index < -0.39 is 29.0 Å². The number of halogens is 2. The number of piperidine rings is 1. The molecule has 1 aliphatic rings. The number of imidazole rings is 1. The van der Waals surface area contributed by atoms with E-state index in [0.29, 0.717) is 42.0 Å². The van der Waals surface area contributed by atoms with Crippen molar-refractivity contribution in [2.75, 3.05) is 30.8 Å². The van der Waals surface area contributed by atoms with E-state index in [-0.39, 0.29) is 29.3 Å². The molecule has 5 aromatic rings. The number of pyridine rings is 2. The van der Waals surface area contributed by atoms with Gasteiger partial charge < -0.3 is 20.7 Å². The lowest BCUT2D eigenvalue weighted by Crippen LogP contribution is -2.57. The highest BCUT2D eigenvalue weighted by Crippen LogP contribution is 2.36. The highest BCUT2D eigenvalue weighted by Gasteiger charge is 2.41. The van der Waals surface area contributed by atoms with Gasteiger partial charge in [0.2, 0.25) is 5.78 Å². The van der Waals surface area contributed by atoms with Crippen LogP contribution in [0.2, 0.25) is 0 Å². The summed E-state index contributed by atoms with van der Waals surface area (Å²) >= 11 is 0. The summed E-state index contributed by atoms with van der Waals surface area (Å²) in [6.45, 7) is 0.781. The van der Waals surface area contributed by atoms with Gasteiger partial charge in [0.15, 0.2) is 23.1 Å². The third kappa shape index (κ3) is 5.09. The molecular weight excluding hydrogens is 558 g/mol. The van der Waals surface area contributed by atoms with Crippen LogP contribution >= 0.6 is 0 Å². The van der Waals surface area contributed by atoms with Crippen LogP contribution in [0.4, 0.5) is 25.1 Å². The van der Waals surface area contributed by atoms with Crippen LogP contribution in [0.5, 0.6) is 0 Å². The zero-order valence-corrected chi connectivity index (χ0v) is 23.0. The number of hydrogen-bond donors (Lipinski definition) is 2. The summed E-state index contributed by atoms with van der Waals surface area (Å²) in [6, 6.07) is 10.4. The van der Waals surface area contributed by atoms with E-state index in [9.17, 15) is 18.4 Å². The molecule has 1 aromatic carbocycles. The number of nitrogens with one attached hydrogen (secondary N) is 1. The summed E-state index contributed by atoms with van der Waals surface area (Å²) in [5.41, 5.74) is 7.47. The van der Waals surface area contributed by atoms with Crippen LogP contribution in [0.25, 0.3) is 16.9 Å². The Morgan fingerprint density at radius 3 is 2.65 bits per heavy atom. The van der Waals surface area contributed by atoms with E-state index in [1.807, 2.05) is 17.0 Å². The van der Waals surface area contributed by atoms with E-state index in [2.05, 4.69) is 25.3 Å². The van der Waals surface area contributed by atoms with Gasteiger partial charge in [-0.3, -0.25) is 19.2 Å². The standard InChI is InChI=1S/C30H26F2N8O3/c1-43-29(42)38-30(25-5-2-3-9-34-25)8-4-11-39(17-30)23-15-36-22(18-6-7-20(31)21(32)13-18)14-19(23)26(41)24-16-37-28-27(33)35-10-12-40(24)28/h2-3,5-7,9-10,12-16H,4,8,11,17H2,1H3,(H2,33,35)(H,38,42). The van der Waals surface area contributed by atoms with Gasteiger partial charge in [0.1, 0.15) is 11.2 Å². The number of ether oxygens (including phenoxy) is 1. The maximum absolute atomic E-state index is 14.2. The molecule has 1 atom stereocenters. The largest absolute Gasteiger partial charge is 0.453 e. The van der Waals surface area contributed by atoms with Crippen molar-refractivity contribution >= 4 is 29.0 Å². The first-order valence-electron chi connectivity index (χ1n) is 13.4. The molecule has 1 unspecified atom stereocenters. The lowest BCUT2D eigenvalue weighted by molar-refractivity contribution is 0.103. The summed E-state index contributed by atoms with van der Waals surface area (Å²) in [7, 11) is 1.29. The third-order valence-electron chi connectivity index (χ3n) is 7.55. The average Bonchev–Trinajstić information content (AvgIpc) is 3.48. The van der Waals surface area contributed by atoms with Gasteiger partial charge in [-0.25, -0.2) is 23.5 Å². The SMILES string of the molecule is COC(=O)NC1(c2ccccn2)CCCN(c2cnc(-c3ccc(F)c(F)c3)cc2C(=O)c2cnc3c(N)nccn23)C1. The predicted octanol–water partition coefficient (Wildman–Crippen LogP) is 4.13. The maximum atomic E-state index is 14.2. The maximum Gasteiger partial charge on any atom is 0.407 e. The molecule has 13 heteroatoms. The Morgan fingerprint density at radius 1 is 1.02 bits per heavy atom. The fourth-order valence-electron chi connectivity index (χ4n) is 5.47. The van der Waals surface area contributed by atoms with Crippen LogP contribution in [-0.2, 0) is 10.3 Å². The molecule has 218 valence electrons. The van der Waals surface area contributed by atoms with Crippen molar-refractivity contribution in [2.45, 2.75) is 18.4 Å². The number of benzene rings is 1. The van der Waals surface area contributed by atoms with Crippen LogP contribution in [0.1, 0.15) is 34.6 Å². The number of amides is 1.